The molecule has 0 radical (unpaired) electrons. The maximum Gasteiger partial charge on any atom is 0.187 e. The summed E-state index contributed by atoms with van der Waals surface area (Å²) in [4.78, 5) is 12.7. The van der Waals surface area contributed by atoms with Crippen LogP contribution in [-0.2, 0) is 13.7 Å². The molecule has 7 heteroatoms. The number of hydrogen-bond donors (Lipinski definition) is 0. The van der Waals surface area contributed by atoms with Crippen LogP contribution in [-0.4, -0.2) is 10.8 Å². The van der Waals surface area contributed by atoms with E-state index in [0.29, 0.717) is 15.1 Å². The van der Waals surface area contributed by atoms with Gasteiger partial charge in [0.25, 0.3) is 0 Å². The van der Waals surface area contributed by atoms with Gasteiger partial charge in [0.05, 0.1) is 10.4 Å². The number of thioether (sulfide) groups is 2. The van der Waals surface area contributed by atoms with Gasteiger partial charge in [0, 0.05) is 22.5 Å². The lowest BCUT2D eigenvalue weighted by molar-refractivity contribution is -0.110. The van der Waals surface area contributed by atoms with Gasteiger partial charge in [-0.05, 0) is 59.5 Å². The molecule has 6 rings (SSSR count). The Hall–Kier alpha value is -2.70. The Bertz CT molecular complexity index is 1510. The Kier molecular flexibility index (Phi) is 6.15. The number of hydrazone groups is 1. The molecule has 0 fully saturated rings. The number of nitrogens with zero attached hydrogens (tertiary/aromatic N) is 2. The second-order valence-corrected chi connectivity index (χ2v) is 12.8. The number of halogens is 2. The highest BCUT2D eigenvalue weighted by molar-refractivity contribution is 8.27. The van der Waals surface area contributed by atoms with Crippen LogP contribution in [0.2, 0.25) is 10.0 Å². The normalized spacial score (nSPS) is 19.7. The second kappa shape index (κ2) is 9.25. The van der Waals surface area contributed by atoms with E-state index in [1.165, 1.54) is 11.8 Å². The summed E-state index contributed by atoms with van der Waals surface area (Å²) in [5.74, 6) is -0.0472. The molecule has 4 aromatic rings. The second-order valence-electron chi connectivity index (χ2n) is 9.09. The molecule has 1 unspecified atom stereocenters. The van der Waals surface area contributed by atoms with Crippen LogP contribution in [0.3, 0.4) is 0 Å². The van der Waals surface area contributed by atoms with Gasteiger partial charge in [-0.1, -0.05) is 113 Å². The number of para-hydroxylation sites is 1. The molecule has 0 bridgehead atoms. The van der Waals surface area contributed by atoms with Gasteiger partial charge in [-0.25, -0.2) is 5.01 Å². The molecule has 37 heavy (non-hydrogen) atoms. The number of hydrogen-bond acceptors (Lipinski definition) is 5. The van der Waals surface area contributed by atoms with E-state index >= 15 is 0 Å². The average Bonchev–Trinajstić information content (AvgIpc) is 3.43. The first kappa shape index (κ1) is 24.6. The lowest BCUT2D eigenvalue weighted by atomic mass is 9.82. The van der Waals surface area contributed by atoms with Gasteiger partial charge in [-0.2, -0.15) is 5.10 Å². The van der Waals surface area contributed by atoms with Crippen LogP contribution in [0, 0.1) is 6.92 Å². The van der Waals surface area contributed by atoms with E-state index in [0.717, 1.165) is 33.5 Å². The van der Waals surface area contributed by atoms with Crippen LogP contribution in [0.1, 0.15) is 34.7 Å². The Labute approximate surface area is 234 Å². The maximum atomic E-state index is 12.7. The Morgan fingerprint density at radius 2 is 1.32 bits per heavy atom. The predicted molar refractivity (Wildman–Crippen MR) is 158 cm³/mol. The minimum Gasteiger partial charge on any atom is -0.292 e. The number of aryl methyl sites for hydroxylation is 1. The van der Waals surface area contributed by atoms with Crippen molar-refractivity contribution in [1.82, 2.24) is 0 Å². The molecule has 0 aliphatic carbocycles. The molecule has 0 amide bonds. The maximum absolute atomic E-state index is 12.7. The van der Waals surface area contributed by atoms with E-state index in [4.69, 9.17) is 28.3 Å². The van der Waals surface area contributed by atoms with E-state index in [-0.39, 0.29) is 5.78 Å². The summed E-state index contributed by atoms with van der Waals surface area (Å²) in [5.41, 5.74) is 6.50. The number of fused-ring (bicyclic) bond motifs is 2. The van der Waals surface area contributed by atoms with Gasteiger partial charge in [0.1, 0.15) is 0 Å². The molecule has 1 spiro atoms. The first-order valence-corrected chi connectivity index (χ1v) is 14.2. The van der Waals surface area contributed by atoms with E-state index in [1.807, 2.05) is 41.4 Å². The molecule has 0 saturated heterocycles. The van der Waals surface area contributed by atoms with Crippen molar-refractivity contribution in [2.45, 2.75) is 22.8 Å². The van der Waals surface area contributed by atoms with Crippen molar-refractivity contribution >= 4 is 63.2 Å². The largest absolute Gasteiger partial charge is 0.292 e. The number of Topliss-reactive ketones (excluding diaryl/α,β-unsaturated/α-hetero) is 1. The quantitative estimate of drug-likeness (QED) is 0.250. The number of ketones is 1. The first-order chi connectivity index (χ1) is 17.8. The first-order valence-electron chi connectivity index (χ1n) is 11.8. The third-order valence-corrected chi connectivity index (χ3v) is 10.7. The standard InChI is InChI=1S/C30H22Cl2N2OS2/c1-19-7-3-6-10-27(19)34-30(36-28(33-34)20(2)35)26-9-5-4-8-25(26)29(37-30,21-11-15-23(31)16-12-21)22-13-17-24(32)18-14-22/h3-18H,1-2H3. The minimum absolute atomic E-state index is 0.0472. The smallest absolute Gasteiger partial charge is 0.187 e. The summed E-state index contributed by atoms with van der Waals surface area (Å²) in [6.45, 7) is 3.66. The van der Waals surface area contributed by atoms with E-state index in [2.05, 4.69) is 67.6 Å². The fraction of sp³-hybridized carbons (Fsp3) is 0.133. The van der Waals surface area contributed by atoms with Gasteiger partial charge in [0.2, 0.25) is 0 Å². The van der Waals surface area contributed by atoms with Crippen LogP contribution in [0.4, 0.5) is 5.69 Å². The third-order valence-electron chi connectivity index (χ3n) is 6.79. The third kappa shape index (κ3) is 3.83. The highest BCUT2D eigenvalue weighted by Gasteiger charge is 2.61. The molecule has 0 N–H and O–H groups in total. The molecule has 3 nitrogen and oxygen atoms in total. The van der Waals surface area contributed by atoms with Crippen molar-refractivity contribution in [3.05, 3.63) is 135 Å². The Morgan fingerprint density at radius 3 is 1.89 bits per heavy atom. The topological polar surface area (TPSA) is 32.7 Å². The molecule has 2 aliphatic rings. The van der Waals surface area contributed by atoms with Gasteiger partial charge in [-0.3, -0.25) is 4.79 Å². The number of carbonyl (C=O) groups is 1. The molecule has 184 valence electrons. The average molecular weight is 562 g/mol. The zero-order chi connectivity index (χ0) is 25.8. The molecule has 2 aliphatic heterocycles. The number of rotatable bonds is 4. The van der Waals surface area contributed by atoms with E-state index < -0.39 is 8.95 Å². The van der Waals surface area contributed by atoms with Crippen LogP contribution < -0.4 is 5.01 Å². The number of benzene rings is 4. The molecular weight excluding hydrogens is 539 g/mol. The zero-order valence-electron chi connectivity index (χ0n) is 20.1. The molecule has 0 saturated carbocycles. The highest BCUT2D eigenvalue weighted by atomic mass is 35.5. The summed E-state index contributed by atoms with van der Waals surface area (Å²) in [7, 11) is 0. The summed E-state index contributed by atoms with van der Waals surface area (Å²) < 4.78 is -1.30. The molecule has 4 aromatic carbocycles. The van der Waals surface area contributed by atoms with Crippen molar-refractivity contribution in [2.75, 3.05) is 5.01 Å². The molecule has 2 heterocycles. The monoisotopic (exact) mass is 560 g/mol. The summed E-state index contributed by atoms with van der Waals surface area (Å²) >= 11 is 16.0. The van der Waals surface area contributed by atoms with Crippen molar-refractivity contribution in [1.29, 1.82) is 0 Å². The lowest BCUT2D eigenvalue weighted by Crippen LogP contribution is -2.34. The lowest BCUT2D eigenvalue weighted by Gasteiger charge is -2.37. The van der Waals surface area contributed by atoms with Gasteiger partial charge in [0.15, 0.2) is 15.0 Å². The summed E-state index contributed by atoms with van der Waals surface area (Å²) in [6, 6.07) is 32.7. The number of carbonyl (C=O) groups excluding carboxylic acids is 1. The zero-order valence-corrected chi connectivity index (χ0v) is 23.3. The summed E-state index contributed by atoms with van der Waals surface area (Å²) in [6.07, 6.45) is 0. The molecule has 1 atom stereocenters. The fourth-order valence-corrected chi connectivity index (χ4v) is 8.88. The van der Waals surface area contributed by atoms with Crippen LogP contribution >= 0.6 is 46.7 Å². The van der Waals surface area contributed by atoms with Crippen LogP contribution in [0.15, 0.2) is 102 Å². The minimum atomic E-state index is -0.705. The SMILES string of the molecule is CC(=O)C1=NN(c2ccccc2C)C2(S1)SC(c1ccc(Cl)cc1)(c1ccc(Cl)cc1)c1ccccc12. The van der Waals surface area contributed by atoms with Crippen molar-refractivity contribution in [3.8, 4) is 0 Å². The van der Waals surface area contributed by atoms with Crippen molar-refractivity contribution in [2.24, 2.45) is 5.10 Å². The van der Waals surface area contributed by atoms with Crippen LogP contribution in [0.25, 0.3) is 0 Å². The summed E-state index contributed by atoms with van der Waals surface area (Å²) in [5, 5.41) is 8.83. The van der Waals surface area contributed by atoms with Crippen molar-refractivity contribution < 1.29 is 4.79 Å². The van der Waals surface area contributed by atoms with Crippen LogP contribution in [0.5, 0.6) is 0 Å². The predicted octanol–water partition coefficient (Wildman–Crippen LogP) is 8.61. The number of anilines is 1. The fourth-order valence-electron chi connectivity index (χ4n) is 5.09. The highest BCUT2D eigenvalue weighted by Crippen LogP contribution is 2.71. The Balaban J connectivity index is 1.66. The molecule has 0 aromatic heterocycles. The molecular formula is C30H22Cl2N2OS2. The van der Waals surface area contributed by atoms with Gasteiger partial charge >= 0.3 is 0 Å². The van der Waals surface area contributed by atoms with E-state index in [1.54, 1.807) is 18.7 Å². The van der Waals surface area contributed by atoms with Gasteiger partial charge in [-0.15, -0.1) is 0 Å². The van der Waals surface area contributed by atoms with E-state index in [9.17, 15) is 4.79 Å². The van der Waals surface area contributed by atoms with Crippen molar-refractivity contribution in [3.63, 3.8) is 0 Å². The van der Waals surface area contributed by atoms with Gasteiger partial charge < -0.3 is 0 Å². The Morgan fingerprint density at radius 1 is 0.784 bits per heavy atom.